The van der Waals surface area contributed by atoms with Crippen molar-refractivity contribution in [3.05, 3.63) is 12.7 Å². The Balaban J connectivity index is 1.39. The summed E-state index contributed by atoms with van der Waals surface area (Å²) < 4.78 is 20.0. The van der Waals surface area contributed by atoms with E-state index in [1.54, 1.807) is 18.0 Å². The molecule has 13 heteroatoms. The van der Waals surface area contributed by atoms with E-state index in [9.17, 15) is 4.79 Å². The molecule has 0 aromatic carbocycles. The number of anilines is 1. The van der Waals surface area contributed by atoms with Crippen LogP contribution in [0.5, 0.6) is 0 Å². The molecule has 0 saturated carbocycles. The maximum atomic E-state index is 12.6. The highest BCUT2D eigenvalue weighted by Crippen LogP contribution is 2.42. The van der Waals surface area contributed by atoms with E-state index >= 15 is 0 Å². The molecular formula is C27H48N6O4P2S. The van der Waals surface area contributed by atoms with Crippen molar-refractivity contribution in [1.29, 1.82) is 0 Å². The first kappa shape index (κ1) is 33.3. The fourth-order valence-corrected chi connectivity index (χ4v) is 6.64. The number of rotatable bonds is 20. The first-order chi connectivity index (χ1) is 19.5. The summed E-state index contributed by atoms with van der Waals surface area (Å²) in [4.78, 5) is 25.3. The number of amides is 1. The van der Waals surface area contributed by atoms with Crippen LogP contribution >= 0.6 is 15.5 Å². The number of hydrogen-bond donors (Lipinski definition) is 2. The van der Waals surface area contributed by atoms with Gasteiger partial charge in [0.2, 0.25) is 5.91 Å². The Bertz CT molecular complexity index is 1060. The van der Waals surface area contributed by atoms with Crippen LogP contribution in [0.3, 0.4) is 0 Å². The predicted molar refractivity (Wildman–Crippen MR) is 168 cm³/mol. The molecule has 6 unspecified atom stereocenters. The highest BCUT2D eigenvalue weighted by Gasteiger charge is 2.47. The van der Waals surface area contributed by atoms with Gasteiger partial charge in [0.25, 0.3) is 0 Å². The average molecular weight is 615 g/mol. The molecule has 1 saturated heterocycles. The molecule has 3 N–H and O–H groups in total. The Labute approximate surface area is 246 Å². The number of methoxy groups -OCH3 is 1. The lowest BCUT2D eigenvalue weighted by molar-refractivity contribution is -0.122. The number of nitrogens with two attached hydrogens (primary N) is 1. The van der Waals surface area contributed by atoms with Gasteiger partial charge in [-0.25, -0.2) is 15.0 Å². The van der Waals surface area contributed by atoms with E-state index < -0.39 is 31.2 Å². The average Bonchev–Trinajstić information content (AvgIpc) is 3.51. The van der Waals surface area contributed by atoms with Crippen molar-refractivity contribution in [2.24, 2.45) is 0 Å². The highest BCUT2D eigenvalue weighted by molar-refractivity contribution is 8.31. The molecule has 0 radical (unpaired) electrons. The standard InChI is InChI=1S/C27H48N6O4P2S/c1-3-4-5-6-7-8-9-10-11-12-13-14-15-16-21(34)29-17-20-23(37-39(38)40)24(35-2)27(36-20)33-19-32-22-25(28)30-18-31-26(22)33/h18-20,23-24,27,39H,3-17,38H2,1-2H3,(H,29,34)(H2,28,30,31). The van der Waals surface area contributed by atoms with Crippen molar-refractivity contribution < 1.29 is 18.8 Å². The normalized spacial score (nSPS) is 21.7. The number of aromatic nitrogens is 4. The summed E-state index contributed by atoms with van der Waals surface area (Å²) in [5.74, 6) is 0.313. The molecule has 1 fully saturated rings. The second-order valence-electron chi connectivity index (χ2n) is 10.5. The maximum Gasteiger partial charge on any atom is 0.220 e. The van der Waals surface area contributed by atoms with Gasteiger partial charge in [-0.1, -0.05) is 105 Å². The molecule has 6 atom stereocenters. The quantitative estimate of drug-likeness (QED) is 0.143. The maximum absolute atomic E-state index is 12.6. The number of nitrogens with one attached hydrogen (secondary N) is 1. The topological polar surface area (TPSA) is 126 Å². The molecular weight excluding hydrogens is 566 g/mol. The minimum absolute atomic E-state index is 0.0196. The fraction of sp³-hybridized carbons (Fsp3) is 0.778. The number of unbranched alkanes of at least 4 members (excludes halogenated alkanes) is 12. The summed E-state index contributed by atoms with van der Waals surface area (Å²) in [5, 5.41) is 3.03. The van der Waals surface area contributed by atoms with Gasteiger partial charge in [-0.3, -0.25) is 9.36 Å². The van der Waals surface area contributed by atoms with Crippen molar-refractivity contribution in [3.8, 4) is 0 Å². The van der Waals surface area contributed by atoms with Crippen molar-refractivity contribution >= 4 is 50.2 Å². The molecule has 2 aromatic heterocycles. The summed E-state index contributed by atoms with van der Waals surface area (Å²) in [7, 11) is 4.16. The first-order valence-corrected chi connectivity index (χ1v) is 19.1. The van der Waals surface area contributed by atoms with Crippen LogP contribution < -0.4 is 11.1 Å². The third kappa shape index (κ3) is 10.2. The van der Waals surface area contributed by atoms with Gasteiger partial charge in [0, 0.05) is 20.1 Å². The van der Waals surface area contributed by atoms with Crippen LogP contribution in [-0.4, -0.2) is 57.4 Å². The number of nitrogen functional groups attached to an aromatic ring is 1. The van der Waals surface area contributed by atoms with Crippen LogP contribution in [0.25, 0.3) is 11.2 Å². The van der Waals surface area contributed by atoms with Crippen molar-refractivity contribution in [2.45, 2.75) is 121 Å². The lowest BCUT2D eigenvalue weighted by atomic mass is 10.0. The van der Waals surface area contributed by atoms with Gasteiger partial charge in [-0.15, -0.1) is 0 Å². The van der Waals surface area contributed by atoms with Crippen molar-refractivity contribution in [2.75, 3.05) is 19.4 Å². The molecule has 1 amide bonds. The van der Waals surface area contributed by atoms with Crippen molar-refractivity contribution in [3.63, 3.8) is 0 Å². The van der Waals surface area contributed by atoms with E-state index in [2.05, 4.69) is 36.1 Å². The monoisotopic (exact) mass is 614 g/mol. The highest BCUT2D eigenvalue weighted by atomic mass is 32.6. The zero-order valence-corrected chi connectivity index (χ0v) is 27.0. The molecule has 0 aliphatic carbocycles. The zero-order valence-electron chi connectivity index (χ0n) is 24.1. The lowest BCUT2D eigenvalue weighted by Crippen LogP contribution is -2.41. The Morgan fingerprint density at radius 2 is 1.68 bits per heavy atom. The number of nitrogens with zero attached hydrogens (tertiary/aromatic N) is 4. The number of hydrogen-bond acceptors (Lipinski definition) is 9. The van der Waals surface area contributed by atoms with Crippen molar-refractivity contribution in [1.82, 2.24) is 24.8 Å². The third-order valence-electron chi connectivity index (χ3n) is 7.48. The van der Waals surface area contributed by atoms with E-state index in [1.165, 1.54) is 77.0 Å². The van der Waals surface area contributed by atoms with Gasteiger partial charge in [0.15, 0.2) is 17.7 Å². The molecule has 40 heavy (non-hydrogen) atoms. The van der Waals surface area contributed by atoms with Crippen LogP contribution in [-0.2, 0) is 30.6 Å². The number of fused-ring (bicyclic) bond motifs is 1. The zero-order chi connectivity index (χ0) is 28.7. The Morgan fingerprint density at radius 1 is 1.05 bits per heavy atom. The second-order valence-corrected chi connectivity index (χ2v) is 15.5. The number of imidazole rings is 1. The van der Waals surface area contributed by atoms with Crippen LogP contribution in [0.4, 0.5) is 5.82 Å². The minimum Gasteiger partial charge on any atom is -0.382 e. The van der Waals surface area contributed by atoms with Crippen LogP contribution in [0.15, 0.2) is 12.7 Å². The van der Waals surface area contributed by atoms with Crippen LogP contribution in [0.2, 0.25) is 0 Å². The lowest BCUT2D eigenvalue weighted by Gasteiger charge is -2.23. The van der Waals surface area contributed by atoms with Gasteiger partial charge in [-0.05, 0) is 6.42 Å². The summed E-state index contributed by atoms with van der Waals surface area (Å²) in [6, 6.07) is 0. The number of carbonyl (C=O) groups is 1. The molecule has 1 aliphatic rings. The van der Waals surface area contributed by atoms with Crippen LogP contribution in [0, 0.1) is 0 Å². The Kier molecular flexibility index (Phi) is 15.3. The minimum atomic E-state index is -1.55. The number of carbonyl (C=O) groups excluding carboxylic acids is 1. The number of ether oxygens (including phenoxy) is 2. The molecule has 10 nitrogen and oxygen atoms in total. The van der Waals surface area contributed by atoms with Gasteiger partial charge in [0.1, 0.15) is 30.2 Å². The predicted octanol–water partition coefficient (Wildman–Crippen LogP) is 5.68. The summed E-state index contributed by atoms with van der Waals surface area (Å²) in [6.07, 6.45) is 18.2. The van der Waals surface area contributed by atoms with E-state index in [-0.39, 0.29) is 5.91 Å². The molecule has 226 valence electrons. The Hall–Kier alpha value is -1.22. The largest absolute Gasteiger partial charge is 0.382 e. The molecule has 1 aliphatic heterocycles. The van der Waals surface area contributed by atoms with Gasteiger partial charge < -0.3 is 25.0 Å². The van der Waals surface area contributed by atoms with Gasteiger partial charge in [-0.2, -0.15) is 0 Å². The van der Waals surface area contributed by atoms with E-state index in [0.717, 1.165) is 12.8 Å². The second kappa shape index (κ2) is 18.3. The molecule has 0 bridgehead atoms. The summed E-state index contributed by atoms with van der Waals surface area (Å²) >= 11 is 5.37. The smallest absolute Gasteiger partial charge is 0.220 e. The Morgan fingerprint density at radius 3 is 2.27 bits per heavy atom. The first-order valence-electron chi connectivity index (χ1n) is 14.8. The fourth-order valence-electron chi connectivity index (χ4n) is 5.29. The molecule has 2 aromatic rings. The third-order valence-corrected chi connectivity index (χ3v) is 8.68. The molecule has 0 spiro atoms. The van der Waals surface area contributed by atoms with E-state index in [4.69, 9.17) is 31.5 Å². The SMILES string of the molecule is CCCCCCCCCCCCCCCC(=O)NCC1OC(n2cnc3c(N)ncnc32)C(OC)C1O[PH](P)=S. The van der Waals surface area contributed by atoms with E-state index in [1.807, 2.05) is 0 Å². The van der Waals surface area contributed by atoms with Gasteiger partial charge >= 0.3 is 0 Å². The van der Waals surface area contributed by atoms with E-state index in [0.29, 0.717) is 29.9 Å². The van der Waals surface area contributed by atoms with Crippen LogP contribution in [0.1, 0.15) is 103 Å². The summed E-state index contributed by atoms with van der Waals surface area (Å²) in [5.41, 5.74) is 7.00. The molecule has 3 rings (SSSR count). The summed E-state index contributed by atoms with van der Waals surface area (Å²) in [6.45, 7) is 1.02. The molecule has 3 heterocycles. The van der Waals surface area contributed by atoms with Gasteiger partial charge in [0.05, 0.1) is 12.9 Å².